The second kappa shape index (κ2) is 27.2. The third-order valence-corrected chi connectivity index (χ3v) is 10.3. The molecular formula is C39H62N10O14. The zero-order valence-corrected chi connectivity index (χ0v) is 35.3. The number of aromatic hydroxyl groups is 1. The molecular weight excluding hydrogens is 832 g/mol. The molecule has 0 aliphatic carbocycles. The molecule has 0 aromatic heterocycles. The smallest absolute Gasteiger partial charge is 0.328 e. The highest BCUT2D eigenvalue weighted by atomic mass is 16.4. The van der Waals surface area contributed by atoms with E-state index in [1.165, 1.54) is 29.2 Å². The van der Waals surface area contributed by atoms with Crippen LogP contribution in [0.25, 0.3) is 0 Å². The number of carboxylic acid groups (broad SMARTS) is 1. The van der Waals surface area contributed by atoms with E-state index in [1.807, 2.05) is 5.32 Å². The monoisotopic (exact) mass is 894 g/mol. The number of likely N-dealkylation sites (tertiary alicyclic amines) is 1. The van der Waals surface area contributed by atoms with E-state index in [2.05, 4.69) is 31.9 Å². The van der Waals surface area contributed by atoms with E-state index in [1.54, 1.807) is 13.8 Å². The number of hydrogen-bond acceptors (Lipinski definition) is 15. The van der Waals surface area contributed by atoms with Crippen molar-refractivity contribution in [2.75, 3.05) is 46.0 Å². The molecule has 63 heavy (non-hydrogen) atoms. The summed E-state index contributed by atoms with van der Waals surface area (Å²) in [5.41, 5.74) is 11.5. The standard InChI is InChI=1S/C39H62N10O14/c1-3-21(2)32(38(61)44-24(7-4-5-13-40)33(56)42-17-30(54)43-28(20-52)39(62)63)48-36(59)27(19-51)46-34(57)25(15-22-9-11-23(53)12-10-22)45-35(58)26(18-50)47-37(60)29-8-6-14-49(29)31(55)16-41/h9-12,21,24-29,32,50-53H,3-8,13-20,40-41H2,1-2H3,(H,42,56)(H,43,54)(H,44,61)(H,45,58)(H,46,57)(H,47,60)(H,48,59)(H,62,63)/t21-,24-,25-,26-,27-,28-,29-,32-/m0/s1. The van der Waals surface area contributed by atoms with Crippen LogP contribution in [0.5, 0.6) is 5.75 Å². The normalized spacial score (nSPS) is 16.7. The highest BCUT2D eigenvalue weighted by Crippen LogP contribution is 2.18. The van der Waals surface area contributed by atoms with Gasteiger partial charge < -0.3 is 79.1 Å². The summed E-state index contributed by atoms with van der Waals surface area (Å²) in [6, 6.07) is -4.45. The lowest BCUT2D eigenvalue weighted by atomic mass is 9.97. The maximum absolute atomic E-state index is 13.8. The third-order valence-electron chi connectivity index (χ3n) is 10.3. The van der Waals surface area contributed by atoms with Gasteiger partial charge in [0.1, 0.15) is 48.0 Å². The van der Waals surface area contributed by atoms with Crippen molar-refractivity contribution in [3.8, 4) is 5.75 Å². The minimum Gasteiger partial charge on any atom is -0.508 e. The Morgan fingerprint density at radius 3 is 1.87 bits per heavy atom. The quantitative estimate of drug-likeness (QED) is 0.0366. The Morgan fingerprint density at radius 1 is 0.730 bits per heavy atom. The van der Waals surface area contributed by atoms with Crippen LogP contribution in [0.1, 0.15) is 57.9 Å². The Balaban J connectivity index is 2.26. The van der Waals surface area contributed by atoms with E-state index in [9.17, 15) is 58.5 Å². The number of phenolic OH excluding ortho intramolecular Hbond substituents is 1. The van der Waals surface area contributed by atoms with Gasteiger partial charge in [-0.2, -0.15) is 0 Å². The van der Waals surface area contributed by atoms with Crippen LogP contribution in [0.3, 0.4) is 0 Å². The molecule has 0 bridgehead atoms. The van der Waals surface area contributed by atoms with Gasteiger partial charge >= 0.3 is 5.97 Å². The average Bonchev–Trinajstić information content (AvgIpc) is 3.77. The number of nitrogens with one attached hydrogen (secondary N) is 7. The second-order valence-corrected chi connectivity index (χ2v) is 14.9. The molecule has 0 saturated carbocycles. The van der Waals surface area contributed by atoms with Crippen LogP contribution in [0.2, 0.25) is 0 Å². The van der Waals surface area contributed by atoms with Crippen LogP contribution in [0, 0.1) is 5.92 Å². The molecule has 0 spiro atoms. The van der Waals surface area contributed by atoms with Gasteiger partial charge in [-0.15, -0.1) is 0 Å². The lowest BCUT2D eigenvalue weighted by Gasteiger charge is -2.29. The van der Waals surface area contributed by atoms with Crippen LogP contribution < -0.4 is 48.7 Å². The second-order valence-electron chi connectivity index (χ2n) is 14.9. The van der Waals surface area contributed by atoms with Crippen LogP contribution in [0.15, 0.2) is 24.3 Å². The van der Waals surface area contributed by atoms with Gasteiger partial charge in [0.25, 0.3) is 0 Å². The fourth-order valence-corrected chi connectivity index (χ4v) is 6.43. The number of aliphatic hydroxyl groups excluding tert-OH is 3. The molecule has 16 N–H and O–H groups in total. The molecule has 352 valence electrons. The summed E-state index contributed by atoms with van der Waals surface area (Å²) in [5.74, 6) is -9.07. The summed E-state index contributed by atoms with van der Waals surface area (Å²) in [6.07, 6.45) is 1.71. The maximum atomic E-state index is 13.8. The molecule has 0 unspecified atom stereocenters. The zero-order valence-electron chi connectivity index (χ0n) is 35.3. The summed E-state index contributed by atoms with van der Waals surface area (Å²) in [7, 11) is 0. The number of unbranched alkanes of at least 4 members (excludes halogenated alkanes) is 1. The number of phenols is 1. The number of carboxylic acids is 1. The van der Waals surface area contributed by atoms with E-state index in [0.29, 0.717) is 31.2 Å². The van der Waals surface area contributed by atoms with Crippen LogP contribution in [-0.2, 0) is 49.6 Å². The highest BCUT2D eigenvalue weighted by Gasteiger charge is 2.37. The van der Waals surface area contributed by atoms with Crippen molar-refractivity contribution < 1.29 is 68.7 Å². The number of benzene rings is 1. The van der Waals surface area contributed by atoms with E-state index in [0.717, 1.165) is 0 Å². The van der Waals surface area contributed by atoms with E-state index >= 15 is 0 Å². The third kappa shape index (κ3) is 17.0. The average molecular weight is 895 g/mol. The highest BCUT2D eigenvalue weighted by molar-refractivity contribution is 5.98. The number of hydrogen-bond donors (Lipinski definition) is 14. The number of rotatable bonds is 27. The molecule has 1 heterocycles. The van der Waals surface area contributed by atoms with Gasteiger partial charge in [0.05, 0.1) is 32.9 Å². The molecule has 24 nitrogen and oxygen atoms in total. The van der Waals surface area contributed by atoms with Crippen molar-refractivity contribution in [3.05, 3.63) is 29.8 Å². The molecule has 1 aliphatic heterocycles. The van der Waals surface area contributed by atoms with E-state index in [-0.39, 0.29) is 44.6 Å². The van der Waals surface area contributed by atoms with Crippen molar-refractivity contribution >= 4 is 53.2 Å². The van der Waals surface area contributed by atoms with Gasteiger partial charge in [0.2, 0.25) is 47.3 Å². The number of carbonyl (C=O) groups is 9. The van der Waals surface area contributed by atoms with E-state index in [4.69, 9.17) is 21.7 Å². The molecule has 8 atom stereocenters. The number of aliphatic hydroxyl groups is 3. The largest absolute Gasteiger partial charge is 0.508 e. The molecule has 2 rings (SSSR count). The maximum Gasteiger partial charge on any atom is 0.328 e. The Labute approximate surface area is 363 Å². The Bertz CT molecular complexity index is 1730. The molecule has 8 amide bonds. The van der Waals surface area contributed by atoms with Gasteiger partial charge in [-0.25, -0.2) is 4.79 Å². The van der Waals surface area contributed by atoms with Gasteiger partial charge in [-0.1, -0.05) is 32.4 Å². The number of nitrogens with two attached hydrogens (primary N) is 2. The number of nitrogens with zero attached hydrogens (tertiary/aromatic N) is 1. The fraction of sp³-hybridized carbons (Fsp3) is 0.615. The first-order valence-electron chi connectivity index (χ1n) is 20.6. The Morgan fingerprint density at radius 2 is 1.30 bits per heavy atom. The van der Waals surface area contributed by atoms with E-state index < -0.39 is 128 Å². The predicted octanol–water partition coefficient (Wildman–Crippen LogP) is -5.85. The van der Waals surface area contributed by atoms with Gasteiger partial charge in [0, 0.05) is 13.0 Å². The Hall–Kier alpha value is -5.95. The van der Waals surface area contributed by atoms with Crippen molar-refractivity contribution in [2.45, 2.75) is 101 Å². The number of carbonyl (C=O) groups excluding carboxylic acids is 8. The fourth-order valence-electron chi connectivity index (χ4n) is 6.43. The topological polar surface area (TPSA) is 394 Å². The van der Waals surface area contributed by atoms with Crippen molar-refractivity contribution in [1.29, 1.82) is 0 Å². The van der Waals surface area contributed by atoms with Crippen LogP contribution in [-0.4, -0.2) is 172 Å². The predicted molar refractivity (Wildman–Crippen MR) is 221 cm³/mol. The number of amides is 8. The Kier molecular flexibility index (Phi) is 22.9. The summed E-state index contributed by atoms with van der Waals surface area (Å²) < 4.78 is 0. The first-order valence-corrected chi connectivity index (χ1v) is 20.6. The van der Waals surface area contributed by atoms with Gasteiger partial charge in [-0.3, -0.25) is 38.4 Å². The first kappa shape index (κ1) is 53.2. The van der Waals surface area contributed by atoms with Crippen LogP contribution in [0.4, 0.5) is 0 Å². The van der Waals surface area contributed by atoms with Crippen molar-refractivity contribution in [2.24, 2.45) is 17.4 Å². The lowest BCUT2D eigenvalue weighted by molar-refractivity contribution is -0.143. The first-order chi connectivity index (χ1) is 29.9. The summed E-state index contributed by atoms with van der Waals surface area (Å²) >= 11 is 0. The minimum atomic E-state index is -1.71. The van der Waals surface area contributed by atoms with Gasteiger partial charge in [0.15, 0.2) is 0 Å². The summed E-state index contributed by atoms with van der Waals surface area (Å²) in [6.45, 7) is 0.0100. The molecule has 1 saturated heterocycles. The van der Waals surface area contributed by atoms with Gasteiger partial charge in [-0.05, 0) is 62.3 Å². The minimum absolute atomic E-state index is 0.0449. The van der Waals surface area contributed by atoms with Crippen molar-refractivity contribution in [1.82, 2.24) is 42.1 Å². The lowest BCUT2D eigenvalue weighted by Crippen LogP contribution is -2.61. The molecule has 1 aromatic carbocycles. The molecule has 1 fully saturated rings. The summed E-state index contributed by atoms with van der Waals surface area (Å²) in [4.78, 5) is 118. The SMILES string of the molecule is CC[C@H](C)[C@H](NC(=O)[C@H](CO)NC(=O)[C@H](Cc1ccc(O)cc1)NC(=O)[C@H](CO)NC(=O)[C@@H]1CCCN1C(=O)CN)C(=O)N[C@@H](CCCCN)C(=O)NCC(=O)N[C@@H](CO)C(=O)O. The summed E-state index contributed by atoms with van der Waals surface area (Å²) in [5, 5.41) is 64.9. The molecule has 24 heteroatoms. The van der Waals surface area contributed by atoms with Crippen molar-refractivity contribution in [3.63, 3.8) is 0 Å². The molecule has 0 radical (unpaired) electrons. The molecule has 1 aliphatic rings. The zero-order chi connectivity index (χ0) is 47.2. The van der Waals surface area contributed by atoms with Crippen LogP contribution >= 0.6 is 0 Å². The number of aliphatic carboxylic acids is 1. The molecule has 1 aromatic rings.